The van der Waals surface area contributed by atoms with Crippen molar-refractivity contribution < 1.29 is 0 Å². The van der Waals surface area contributed by atoms with Gasteiger partial charge in [0.15, 0.2) is 0 Å². The van der Waals surface area contributed by atoms with E-state index in [0.717, 1.165) is 30.2 Å². The van der Waals surface area contributed by atoms with E-state index in [9.17, 15) is 0 Å². The molecule has 0 bridgehead atoms. The molecule has 15 heavy (non-hydrogen) atoms. The molecule has 0 aliphatic rings. The molecule has 0 unspecified atom stereocenters. The SMILES string of the molecule is CCNCC(=Cc1sc(C)nc1C)CC. The van der Waals surface area contributed by atoms with E-state index in [4.69, 9.17) is 0 Å². The van der Waals surface area contributed by atoms with E-state index in [1.165, 1.54) is 10.5 Å². The highest BCUT2D eigenvalue weighted by Gasteiger charge is 2.03. The Hall–Kier alpha value is -0.670. The van der Waals surface area contributed by atoms with Gasteiger partial charge in [-0.15, -0.1) is 11.3 Å². The normalized spacial score (nSPS) is 12.1. The summed E-state index contributed by atoms with van der Waals surface area (Å²) in [6, 6.07) is 0. The van der Waals surface area contributed by atoms with Crippen molar-refractivity contribution in [1.29, 1.82) is 0 Å². The van der Waals surface area contributed by atoms with Gasteiger partial charge in [-0.25, -0.2) is 4.98 Å². The van der Waals surface area contributed by atoms with Crippen LogP contribution in [0.3, 0.4) is 0 Å². The first-order chi connectivity index (χ1) is 7.17. The lowest BCUT2D eigenvalue weighted by atomic mass is 10.1. The Morgan fingerprint density at radius 1 is 1.40 bits per heavy atom. The average Bonchev–Trinajstić information content (AvgIpc) is 2.52. The average molecular weight is 224 g/mol. The van der Waals surface area contributed by atoms with E-state index in [1.807, 2.05) is 0 Å². The van der Waals surface area contributed by atoms with E-state index in [1.54, 1.807) is 11.3 Å². The van der Waals surface area contributed by atoms with Crippen molar-refractivity contribution in [2.24, 2.45) is 0 Å². The summed E-state index contributed by atoms with van der Waals surface area (Å²) in [7, 11) is 0. The second-order valence-electron chi connectivity index (χ2n) is 3.62. The van der Waals surface area contributed by atoms with Crippen LogP contribution in [-0.2, 0) is 0 Å². The third-order valence-corrected chi connectivity index (χ3v) is 3.35. The molecular formula is C12H20N2S. The molecule has 0 spiro atoms. The summed E-state index contributed by atoms with van der Waals surface area (Å²) in [6.07, 6.45) is 3.38. The first kappa shape index (κ1) is 12.4. The van der Waals surface area contributed by atoms with E-state index >= 15 is 0 Å². The van der Waals surface area contributed by atoms with Crippen LogP contribution in [0.5, 0.6) is 0 Å². The molecule has 1 aromatic heterocycles. The Bertz CT molecular complexity index is 339. The fourth-order valence-corrected chi connectivity index (χ4v) is 2.35. The molecule has 0 fully saturated rings. The molecule has 0 aliphatic heterocycles. The van der Waals surface area contributed by atoms with Crippen LogP contribution in [0.1, 0.15) is 35.8 Å². The van der Waals surface area contributed by atoms with Crippen LogP contribution in [0.15, 0.2) is 5.57 Å². The van der Waals surface area contributed by atoms with Crippen LogP contribution < -0.4 is 5.32 Å². The molecule has 1 heterocycles. The minimum atomic E-state index is 0.989. The zero-order chi connectivity index (χ0) is 11.3. The molecule has 0 atom stereocenters. The molecule has 2 nitrogen and oxygen atoms in total. The van der Waals surface area contributed by atoms with Crippen LogP contribution >= 0.6 is 11.3 Å². The molecule has 0 aliphatic carbocycles. The van der Waals surface area contributed by atoms with Crippen LogP contribution in [-0.4, -0.2) is 18.1 Å². The maximum atomic E-state index is 4.43. The summed E-state index contributed by atoms with van der Waals surface area (Å²) >= 11 is 1.78. The molecule has 3 heteroatoms. The smallest absolute Gasteiger partial charge is 0.0903 e. The van der Waals surface area contributed by atoms with Gasteiger partial charge in [-0.3, -0.25) is 0 Å². The number of likely N-dealkylation sites (N-methyl/N-ethyl adjacent to an activating group) is 1. The van der Waals surface area contributed by atoms with Gasteiger partial charge in [0.2, 0.25) is 0 Å². The molecule has 0 amide bonds. The van der Waals surface area contributed by atoms with Crippen molar-refractivity contribution >= 4 is 17.4 Å². The van der Waals surface area contributed by atoms with Crippen molar-refractivity contribution in [1.82, 2.24) is 10.3 Å². The van der Waals surface area contributed by atoms with Crippen molar-refractivity contribution in [3.63, 3.8) is 0 Å². The Morgan fingerprint density at radius 2 is 2.13 bits per heavy atom. The maximum absolute atomic E-state index is 4.43. The minimum Gasteiger partial charge on any atom is -0.313 e. The zero-order valence-corrected chi connectivity index (χ0v) is 10.9. The second kappa shape index (κ2) is 6.03. The van der Waals surface area contributed by atoms with E-state index in [0.29, 0.717) is 0 Å². The van der Waals surface area contributed by atoms with Crippen LogP contribution in [0.25, 0.3) is 6.08 Å². The molecular weight excluding hydrogens is 204 g/mol. The molecule has 0 saturated heterocycles. The van der Waals surface area contributed by atoms with Crippen molar-refractivity contribution in [2.45, 2.75) is 34.1 Å². The molecule has 0 saturated carbocycles. The number of aryl methyl sites for hydroxylation is 2. The summed E-state index contributed by atoms with van der Waals surface area (Å²) in [5, 5.41) is 4.51. The van der Waals surface area contributed by atoms with E-state index in [2.05, 4.69) is 44.1 Å². The predicted molar refractivity (Wildman–Crippen MR) is 68.4 cm³/mol. The van der Waals surface area contributed by atoms with Crippen LogP contribution in [0.2, 0.25) is 0 Å². The van der Waals surface area contributed by atoms with Gasteiger partial charge in [0.05, 0.1) is 15.6 Å². The summed E-state index contributed by atoms with van der Waals surface area (Å²) in [5.41, 5.74) is 2.60. The highest BCUT2D eigenvalue weighted by Crippen LogP contribution is 2.20. The van der Waals surface area contributed by atoms with Gasteiger partial charge in [0, 0.05) is 6.54 Å². The monoisotopic (exact) mass is 224 g/mol. The Morgan fingerprint density at radius 3 is 2.60 bits per heavy atom. The van der Waals surface area contributed by atoms with Gasteiger partial charge in [-0.2, -0.15) is 0 Å². The fourth-order valence-electron chi connectivity index (χ4n) is 1.43. The Balaban J connectivity index is 2.78. The fraction of sp³-hybridized carbons (Fsp3) is 0.583. The Kier molecular flexibility index (Phi) is 4.99. The molecule has 1 rings (SSSR count). The van der Waals surface area contributed by atoms with Gasteiger partial charge in [-0.05, 0) is 32.9 Å². The summed E-state index contributed by atoms with van der Waals surface area (Å²) in [6.45, 7) is 10.5. The maximum Gasteiger partial charge on any atom is 0.0903 e. The predicted octanol–water partition coefficient (Wildman–Crippen LogP) is 3.16. The molecule has 1 N–H and O–H groups in total. The number of hydrogen-bond acceptors (Lipinski definition) is 3. The summed E-state index contributed by atoms with van der Waals surface area (Å²) in [5.74, 6) is 0. The van der Waals surface area contributed by atoms with Gasteiger partial charge >= 0.3 is 0 Å². The van der Waals surface area contributed by atoms with E-state index in [-0.39, 0.29) is 0 Å². The number of aromatic nitrogens is 1. The molecule has 0 radical (unpaired) electrons. The topological polar surface area (TPSA) is 24.9 Å². The van der Waals surface area contributed by atoms with Gasteiger partial charge in [0.1, 0.15) is 0 Å². The van der Waals surface area contributed by atoms with Crippen molar-refractivity contribution in [2.75, 3.05) is 13.1 Å². The number of nitrogens with zero attached hydrogens (tertiary/aromatic N) is 1. The number of thiazole rings is 1. The minimum absolute atomic E-state index is 0.989. The molecule has 0 aromatic carbocycles. The number of nitrogens with one attached hydrogen (secondary N) is 1. The highest BCUT2D eigenvalue weighted by atomic mass is 32.1. The van der Waals surface area contributed by atoms with E-state index < -0.39 is 0 Å². The summed E-state index contributed by atoms with van der Waals surface area (Å²) in [4.78, 5) is 5.74. The van der Waals surface area contributed by atoms with Crippen LogP contribution in [0.4, 0.5) is 0 Å². The number of rotatable bonds is 5. The Labute approximate surface area is 96.4 Å². The van der Waals surface area contributed by atoms with Gasteiger partial charge in [-0.1, -0.05) is 19.4 Å². The first-order valence-electron chi connectivity index (χ1n) is 5.51. The lowest BCUT2D eigenvalue weighted by molar-refractivity contribution is 0.762. The molecule has 1 aromatic rings. The second-order valence-corrected chi connectivity index (χ2v) is 4.85. The quantitative estimate of drug-likeness (QED) is 0.831. The lowest BCUT2D eigenvalue weighted by Crippen LogP contribution is -2.15. The largest absolute Gasteiger partial charge is 0.313 e. The lowest BCUT2D eigenvalue weighted by Gasteiger charge is -2.04. The zero-order valence-electron chi connectivity index (χ0n) is 10.1. The standard InChI is InChI=1S/C12H20N2S/c1-5-11(8-13-6-2)7-12-9(3)14-10(4)15-12/h7,13H,5-6,8H2,1-4H3. The van der Waals surface area contributed by atoms with Crippen LogP contribution in [0, 0.1) is 13.8 Å². The third kappa shape index (κ3) is 3.76. The summed E-state index contributed by atoms with van der Waals surface area (Å²) < 4.78 is 0. The highest BCUT2D eigenvalue weighted by molar-refractivity contribution is 7.12. The molecule has 84 valence electrons. The number of hydrogen-bond donors (Lipinski definition) is 1. The van der Waals surface area contributed by atoms with Gasteiger partial charge in [0.25, 0.3) is 0 Å². The van der Waals surface area contributed by atoms with Gasteiger partial charge < -0.3 is 5.32 Å². The first-order valence-corrected chi connectivity index (χ1v) is 6.33. The van der Waals surface area contributed by atoms with Crippen molar-refractivity contribution in [3.8, 4) is 0 Å². The third-order valence-electron chi connectivity index (χ3n) is 2.33. The van der Waals surface area contributed by atoms with Crippen molar-refractivity contribution in [3.05, 3.63) is 21.2 Å².